The molecule has 0 saturated carbocycles. The molecule has 3 rings (SSSR count). The highest BCUT2D eigenvalue weighted by Crippen LogP contribution is 2.24. The van der Waals surface area contributed by atoms with Crippen LogP contribution in [0.2, 0.25) is 0 Å². The Labute approximate surface area is 158 Å². The van der Waals surface area contributed by atoms with Gasteiger partial charge in [-0.25, -0.2) is 9.67 Å². The van der Waals surface area contributed by atoms with Gasteiger partial charge < -0.3 is 14.8 Å². The molecule has 0 atom stereocenters. The van der Waals surface area contributed by atoms with Gasteiger partial charge in [-0.15, -0.1) is 0 Å². The minimum Gasteiger partial charge on any atom is -0.497 e. The van der Waals surface area contributed by atoms with Crippen molar-refractivity contribution in [1.82, 2.24) is 20.1 Å². The Kier molecular flexibility index (Phi) is 5.40. The van der Waals surface area contributed by atoms with E-state index in [1.165, 1.54) is 0 Å². The maximum Gasteiger partial charge on any atom is 0.253 e. The van der Waals surface area contributed by atoms with E-state index in [9.17, 15) is 4.79 Å². The molecule has 3 aromatic rings. The molecular formula is C20H22N4O3. The van der Waals surface area contributed by atoms with E-state index in [1.807, 2.05) is 32.0 Å². The number of carbonyl (C=O) groups excluding carboxylic acids is 1. The van der Waals surface area contributed by atoms with Crippen molar-refractivity contribution in [2.75, 3.05) is 14.2 Å². The molecule has 7 nitrogen and oxygen atoms in total. The van der Waals surface area contributed by atoms with Crippen molar-refractivity contribution < 1.29 is 14.3 Å². The lowest BCUT2D eigenvalue weighted by molar-refractivity contribution is 0.0950. The highest BCUT2D eigenvalue weighted by Gasteiger charge is 2.11. The van der Waals surface area contributed by atoms with Gasteiger partial charge in [0.05, 0.1) is 25.5 Å². The summed E-state index contributed by atoms with van der Waals surface area (Å²) in [6, 6.07) is 11.0. The predicted molar refractivity (Wildman–Crippen MR) is 102 cm³/mol. The van der Waals surface area contributed by atoms with E-state index in [4.69, 9.17) is 9.47 Å². The highest BCUT2D eigenvalue weighted by molar-refractivity contribution is 5.93. The van der Waals surface area contributed by atoms with E-state index in [1.54, 1.807) is 43.3 Å². The Bertz CT molecular complexity index is 948. The number of rotatable bonds is 6. The molecule has 0 aliphatic carbocycles. The SMILES string of the molecule is COc1ccc(CNC(=O)c2ccc(-n3nc(C)cc3C)nc2)c(OC)c1. The molecule has 0 saturated heterocycles. The van der Waals surface area contributed by atoms with Gasteiger partial charge in [0.15, 0.2) is 5.82 Å². The van der Waals surface area contributed by atoms with Gasteiger partial charge in [0.25, 0.3) is 5.91 Å². The van der Waals surface area contributed by atoms with E-state index >= 15 is 0 Å². The zero-order chi connectivity index (χ0) is 19.4. The molecule has 0 radical (unpaired) electrons. The Morgan fingerprint density at radius 1 is 1.11 bits per heavy atom. The maximum atomic E-state index is 12.4. The van der Waals surface area contributed by atoms with Crippen LogP contribution < -0.4 is 14.8 Å². The molecule has 0 bridgehead atoms. The lowest BCUT2D eigenvalue weighted by Gasteiger charge is -2.11. The first-order valence-corrected chi connectivity index (χ1v) is 8.50. The number of pyridine rings is 1. The number of hydrogen-bond donors (Lipinski definition) is 1. The van der Waals surface area contributed by atoms with E-state index in [0.29, 0.717) is 29.4 Å². The van der Waals surface area contributed by atoms with Gasteiger partial charge in [-0.1, -0.05) is 0 Å². The summed E-state index contributed by atoms with van der Waals surface area (Å²) < 4.78 is 12.3. The average Bonchev–Trinajstić information content (AvgIpc) is 3.04. The van der Waals surface area contributed by atoms with Crippen LogP contribution >= 0.6 is 0 Å². The summed E-state index contributed by atoms with van der Waals surface area (Å²) in [5, 5.41) is 7.27. The Morgan fingerprint density at radius 2 is 1.93 bits per heavy atom. The summed E-state index contributed by atoms with van der Waals surface area (Å²) in [6.45, 7) is 4.23. The molecular weight excluding hydrogens is 344 g/mol. The number of ether oxygens (including phenoxy) is 2. The smallest absolute Gasteiger partial charge is 0.253 e. The van der Waals surface area contributed by atoms with Crippen LogP contribution in [-0.2, 0) is 6.54 Å². The molecule has 0 unspecified atom stereocenters. The molecule has 27 heavy (non-hydrogen) atoms. The van der Waals surface area contributed by atoms with Crippen molar-refractivity contribution >= 4 is 5.91 Å². The standard InChI is InChI=1S/C20H22N4O3/c1-13-9-14(2)24(23-13)19-8-6-16(12-21-19)20(25)22-11-15-5-7-17(26-3)10-18(15)27-4/h5-10,12H,11H2,1-4H3,(H,22,25). The molecule has 0 fully saturated rings. The van der Waals surface area contributed by atoms with E-state index in [2.05, 4.69) is 15.4 Å². The van der Waals surface area contributed by atoms with Crippen molar-refractivity contribution in [2.24, 2.45) is 0 Å². The molecule has 1 N–H and O–H groups in total. The lowest BCUT2D eigenvalue weighted by Crippen LogP contribution is -2.23. The number of aryl methyl sites for hydroxylation is 2. The summed E-state index contributed by atoms with van der Waals surface area (Å²) in [5.41, 5.74) is 3.25. The zero-order valence-electron chi connectivity index (χ0n) is 15.8. The van der Waals surface area contributed by atoms with Crippen molar-refractivity contribution in [3.8, 4) is 17.3 Å². The van der Waals surface area contributed by atoms with E-state index < -0.39 is 0 Å². The van der Waals surface area contributed by atoms with Crippen LogP contribution in [0.5, 0.6) is 11.5 Å². The number of nitrogens with zero attached hydrogens (tertiary/aromatic N) is 3. The predicted octanol–water partition coefficient (Wildman–Crippen LogP) is 2.83. The normalized spacial score (nSPS) is 10.5. The fourth-order valence-electron chi connectivity index (χ4n) is 2.78. The first-order valence-electron chi connectivity index (χ1n) is 8.50. The minimum absolute atomic E-state index is 0.208. The van der Waals surface area contributed by atoms with Gasteiger partial charge in [0.1, 0.15) is 11.5 Å². The fraction of sp³-hybridized carbons (Fsp3) is 0.250. The second-order valence-electron chi connectivity index (χ2n) is 6.10. The molecule has 0 aliphatic heterocycles. The van der Waals surface area contributed by atoms with Gasteiger partial charge in [-0.2, -0.15) is 5.10 Å². The number of hydrogen-bond acceptors (Lipinski definition) is 5. The molecule has 1 aromatic carbocycles. The Hall–Kier alpha value is -3.35. The molecule has 0 spiro atoms. The molecule has 1 amide bonds. The maximum absolute atomic E-state index is 12.4. The first-order chi connectivity index (χ1) is 13.0. The average molecular weight is 366 g/mol. The van der Waals surface area contributed by atoms with Crippen LogP contribution in [0.3, 0.4) is 0 Å². The largest absolute Gasteiger partial charge is 0.497 e. The number of carbonyl (C=O) groups is 1. The number of methoxy groups -OCH3 is 2. The third-order valence-electron chi connectivity index (χ3n) is 4.17. The zero-order valence-corrected chi connectivity index (χ0v) is 15.8. The topological polar surface area (TPSA) is 78.3 Å². The number of aromatic nitrogens is 3. The number of nitrogens with one attached hydrogen (secondary N) is 1. The second-order valence-corrected chi connectivity index (χ2v) is 6.10. The van der Waals surface area contributed by atoms with Crippen molar-refractivity contribution in [3.63, 3.8) is 0 Å². The quantitative estimate of drug-likeness (QED) is 0.726. The van der Waals surface area contributed by atoms with E-state index in [-0.39, 0.29) is 5.91 Å². The minimum atomic E-state index is -0.208. The van der Waals surface area contributed by atoms with Crippen LogP contribution in [0, 0.1) is 13.8 Å². The van der Waals surface area contributed by atoms with Crippen LogP contribution in [0.1, 0.15) is 27.3 Å². The third-order valence-corrected chi connectivity index (χ3v) is 4.17. The van der Waals surface area contributed by atoms with Gasteiger partial charge in [-0.05, 0) is 44.2 Å². The number of amides is 1. The van der Waals surface area contributed by atoms with E-state index in [0.717, 1.165) is 17.0 Å². The van der Waals surface area contributed by atoms with Crippen molar-refractivity contribution in [3.05, 3.63) is 65.1 Å². The Morgan fingerprint density at radius 3 is 2.52 bits per heavy atom. The first kappa shape index (κ1) is 18.4. The van der Waals surface area contributed by atoms with Crippen LogP contribution in [0.4, 0.5) is 0 Å². The van der Waals surface area contributed by atoms with Crippen LogP contribution in [-0.4, -0.2) is 34.9 Å². The number of benzene rings is 1. The Balaban J connectivity index is 1.69. The van der Waals surface area contributed by atoms with Crippen LogP contribution in [0.25, 0.3) is 5.82 Å². The summed E-state index contributed by atoms with van der Waals surface area (Å²) in [5.74, 6) is 1.83. The van der Waals surface area contributed by atoms with Crippen molar-refractivity contribution in [2.45, 2.75) is 20.4 Å². The third kappa shape index (κ3) is 4.08. The second kappa shape index (κ2) is 7.90. The summed E-state index contributed by atoms with van der Waals surface area (Å²) in [4.78, 5) is 16.8. The molecule has 140 valence electrons. The van der Waals surface area contributed by atoms with Gasteiger partial charge in [0, 0.05) is 30.1 Å². The fourth-order valence-corrected chi connectivity index (χ4v) is 2.78. The van der Waals surface area contributed by atoms with Gasteiger partial charge >= 0.3 is 0 Å². The summed E-state index contributed by atoms with van der Waals surface area (Å²) >= 11 is 0. The van der Waals surface area contributed by atoms with Crippen LogP contribution in [0.15, 0.2) is 42.6 Å². The molecule has 7 heteroatoms. The molecule has 0 aliphatic rings. The molecule has 2 heterocycles. The molecule has 2 aromatic heterocycles. The van der Waals surface area contributed by atoms with Gasteiger partial charge in [-0.3, -0.25) is 4.79 Å². The van der Waals surface area contributed by atoms with Gasteiger partial charge in [0.2, 0.25) is 0 Å². The summed E-state index contributed by atoms with van der Waals surface area (Å²) in [6.07, 6.45) is 1.55. The lowest BCUT2D eigenvalue weighted by atomic mass is 10.2. The highest BCUT2D eigenvalue weighted by atomic mass is 16.5. The monoisotopic (exact) mass is 366 g/mol. The van der Waals surface area contributed by atoms with Crippen molar-refractivity contribution in [1.29, 1.82) is 0 Å². The summed E-state index contributed by atoms with van der Waals surface area (Å²) in [7, 11) is 3.18.